The number of rotatable bonds is 7. The second-order valence-electron chi connectivity index (χ2n) is 2.92. The predicted molar refractivity (Wildman–Crippen MR) is 55.2 cm³/mol. The third-order valence-corrected chi connectivity index (χ3v) is 2.51. The lowest BCUT2D eigenvalue weighted by Gasteiger charge is -2.01. The van der Waals surface area contributed by atoms with Gasteiger partial charge in [-0.05, 0) is 41.7 Å². The SMILES string of the molecule is OCCCOCCCc1ccsc1. The zero-order chi connectivity index (χ0) is 9.36. The van der Waals surface area contributed by atoms with Crippen molar-refractivity contribution in [3.63, 3.8) is 0 Å². The molecule has 0 bridgehead atoms. The molecule has 0 aliphatic heterocycles. The van der Waals surface area contributed by atoms with Crippen LogP contribution in [0.25, 0.3) is 0 Å². The molecule has 13 heavy (non-hydrogen) atoms. The van der Waals surface area contributed by atoms with Crippen LogP contribution < -0.4 is 0 Å². The van der Waals surface area contributed by atoms with Gasteiger partial charge in [0, 0.05) is 19.8 Å². The first kappa shape index (κ1) is 10.7. The van der Waals surface area contributed by atoms with Gasteiger partial charge in [-0.15, -0.1) is 0 Å². The van der Waals surface area contributed by atoms with Crippen molar-refractivity contribution in [3.05, 3.63) is 22.4 Å². The second kappa shape index (κ2) is 7.06. The molecule has 0 fully saturated rings. The molecule has 74 valence electrons. The fourth-order valence-electron chi connectivity index (χ4n) is 1.08. The standard InChI is InChI=1S/C10H16O2S/c11-5-2-7-12-6-1-3-10-4-8-13-9-10/h4,8-9,11H,1-3,5-7H2. The summed E-state index contributed by atoms with van der Waals surface area (Å²) in [6, 6.07) is 2.15. The van der Waals surface area contributed by atoms with Crippen molar-refractivity contribution in [3.8, 4) is 0 Å². The lowest BCUT2D eigenvalue weighted by atomic mass is 10.2. The average Bonchev–Trinajstić information content (AvgIpc) is 2.63. The summed E-state index contributed by atoms with van der Waals surface area (Å²) in [6.45, 7) is 1.71. The monoisotopic (exact) mass is 200 g/mol. The average molecular weight is 200 g/mol. The van der Waals surface area contributed by atoms with E-state index in [1.165, 1.54) is 5.56 Å². The Bertz CT molecular complexity index is 197. The summed E-state index contributed by atoms with van der Waals surface area (Å²) in [5, 5.41) is 12.8. The van der Waals surface area contributed by atoms with Crippen LogP contribution >= 0.6 is 11.3 Å². The minimum absolute atomic E-state index is 0.227. The molecule has 3 heteroatoms. The summed E-state index contributed by atoms with van der Waals surface area (Å²) < 4.78 is 5.32. The smallest absolute Gasteiger partial charge is 0.0487 e. The molecule has 0 spiro atoms. The Balaban J connectivity index is 1.90. The molecule has 0 atom stereocenters. The molecule has 0 saturated heterocycles. The van der Waals surface area contributed by atoms with Gasteiger partial charge in [-0.3, -0.25) is 0 Å². The highest BCUT2D eigenvalue weighted by atomic mass is 32.1. The molecule has 2 nitrogen and oxygen atoms in total. The van der Waals surface area contributed by atoms with Gasteiger partial charge in [-0.1, -0.05) is 0 Å². The Morgan fingerprint density at radius 1 is 1.31 bits per heavy atom. The van der Waals surface area contributed by atoms with E-state index in [0.717, 1.165) is 25.9 Å². The van der Waals surface area contributed by atoms with Gasteiger partial charge in [0.2, 0.25) is 0 Å². The Hall–Kier alpha value is -0.380. The summed E-state index contributed by atoms with van der Waals surface area (Å²) >= 11 is 1.74. The molecule has 0 aliphatic rings. The van der Waals surface area contributed by atoms with Gasteiger partial charge in [0.15, 0.2) is 0 Å². The molecule has 1 aromatic rings. The van der Waals surface area contributed by atoms with E-state index >= 15 is 0 Å². The van der Waals surface area contributed by atoms with E-state index in [0.29, 0.717) is 6.61 Å². The fraction of sp³-hybridized carbons (Fsp3) is 0.600. The first-order valence-electron chi connectivity index (χ1n) is 4.63. The highest BCUT2D eigenvalue weighted by molar-refractivity contribution is 7.07. The van der Waals surface area contributed by atoms with Gasteiger partial charge in [0.25, 0.3) is 0 Å². The van der Waals surface area contributed by atoms with Crippen molar-refractivity contribution in [2.75, 3.05) is 19.8 Å². The van der Waals surface area contributed by atoms with Gasteiger partial charge < -0.3 is 9.84 Å². The lowest BCUT2D eigenvalue weighted by Crippen LogP contribution is -1.99. The molecular weight excluding hydrogens is 184 g/mol. The van der Waals surface area contributed by atoms with Crippen molar-refractivity contribution < 1.29 is 9.84 Å². The molecule has 1 aromatic heterocycles. The molecule has 0 radical (unpaired) electrons. The highest BCUT2D eigenvalue weighted by Crippen LogP contribution is 2.08. The summed E-state index contributed by atoms with van der Waals surface area (Å²) in [4.78, 5) is 0. The number of aliphatic hydroxyl groups excluding tert-OH is 1. The van der Waals surface area contributed by atoms with E-state index in [1.807, 2.05) is 0 Å². The normalized spacial score (nSPS) is 10.5. The highest BCUT2D eigenvalue weighted by Gasteiger charge is 1.93. The number of hydrogen-bond donors (Lipinski definition) is 1. The predicted octanol–water partition coefficient (Wildman–Crippen LogP) is 2.08. The largest absolute Gasteiger partial charge is 0.396 e. The van der Waals surface area contributed by atoms with E-state index < -0.39 is 0 Å². The molecule has 1 N–H and O–H groups in total. The van der Waals surface area contributed by atoms with Crippen LogP contribution in [0.3, 0.4) is 0 Å². The van der Waals surface area contributed by atoms with Crippen molar-refractivity contribution >= 4 is 11.3 Å². The van der Waals surface area contributed by atoms with E-state index in [4.69, 9.17) is 9.84 Å². The molecule has 0 saturated carbocycles. The van der Waals surface area contributed by atoms with Crippen molar-refractivity contribution in [1.82, 2.24) is 0 Å². The molecular formula is C10H16O2S. The number of hydrogen-bond acceptors (Lipinski definition) is 3. The van der Waals surface area contributed by atoms with Crippen LogP contribution in [0.1, 0.15) is 18.4 Å². The lowest BCUT2D eigenvalue weighted by molar-refractivity contribution is 0.114. The zero-order valence-corrected chi connectivity index (χ0v) is 8.55. The Morgan fingerprint density at radius 2 is 2.15 bits per heavy atom. The summed E-state index contributed by atoms with van der Waals surface area (Å²) in [7, 11) is 0. The van der Waals surface area contributed by atoms with E-state index in [2.05, 4.69) is 16.8 Å². The van der Waals surface area contributed by atoms with Crippen LogP contribution in [0.2, 0.25) is 0 Å². The van der Waals surface area contributed by atoms with Gasteiger partial charge >= 0.3 is 0 Å². The second-order valence-corrected chi connectivity index (χ2v) is 3.70. The fourth-order valence-corrected chi connectivity index (χ4v) is 1.79. The first-order valence-corrected chi connectivity index (χ1v) is 5.57. The van der Waals surface area contributed by atoms with Gasteiger partial charge in [-0.2, -0.15) is 11.3 Å². The van der Waals surface area contributed by atoms with Crippen LogP contribution in [0.4, 0.5) is 0 Å². The Kier molecular flexibility index (Phi) is 5.81. The van der Waals surface area contributed by atoms with Crippen LogP contribution in [0.5, 0.6) is 0 Å². The van der Waals surface area contributed by atoms with E-state index in [9.17, 15) is 0 Å². The Labute approximate surface area is 83.2 Å². The maximum absolute atomic E-state index is 8.49. The quantitative estimate of drug-likeness (QED) is 0.683. The summed E-state index contributed by atoms with van der Waals surface area (Å²) in [6.07, 6.45) is 2.92. The zero-order valence-electron chi connectivity index (χ0n) is 7.74. The molecule has 0 aromatic carbocycles. The number of aliphatic hydroxyl groups is 1. The first-order chi connectivity index (χ1) is 6.43. The summed E-state index contributed by atoms with van der Waals surface area (Å²) in [5.41, 5.74) is 1.40. The van der Waals surface area contributed by atoms with E-state index in [1.54, 1.807) is 11.3 Å². The molecule has 0 unspecified atom stereocenters. The Morgan fingerprint density at radius 3 is 2.85 bits per heavy atom. The van der Waals surface area contributed by atoms with Gasteiger partial charge in [-0.25, -0.2) is 0 Å². The third-order valence-electron chi connectivity index (χ3n) is 1.78. The molecule has 0 aliphatic carbocycles. The summed E-state index contributed by atoms with van der Waals surface area (Å²) in [5.74, 6) is 0. The number of ether oxygens (including phenoxy) is 1. The third kappa shape index (κ3) is 5.03. The van der Waals surface area contributed by atoms with Gasteiger partial charge in [0.1, 0.15) is 0 Å². The minimum atomic E-state index is 0.227. The minimum Gasteiger partial charge on any atom is -0.396 e. The maximum atomic E-state index is 8.49. The van der Waals surface area contributed by atoms with Crippen LogP contribution in [0, 0.1) is 0 Å². The molecule has 0 amide bonds. The molecule has 1 rings (SSSR count). The van der Waals surface area contributed by atoms with Crippen molar-refractivity contribution in [2.45, 2.75) is 19.3 Å². The maximum Gasteiger partial charge on any atom is 0.0487 e. The van der Waals surface area contributed by atoms with Gasteiger partial charge in [0.05, 0.1) is 0 Å². The van der Waals surface area contributed by atoms with E-state index in [-0.39, 0.29) is 6.61 Å². The molecule has 1 heterocycles. The van der Waals surface area contributed by atoms with Crippen LogP contribution in [-0.2, 0) is 11.2 Å². The van der Waals surface area contributed by atoms with Crippen LogP contribution in [-0.4, -0.2) is 24.9 Å². The van der Waals surface area contributed by atoms with Crippen molar-refractivity contribution in [1.29, 1.82) is 0 Å². The topological polar surface area (TPSA) is 29.5 Å². The van der Waals surface area contributed by atoms with Crippen LogP contribution in [0.15, 0.2) is 16.8 Å². The number of aryl methyl sites for hydroxylation is 1. The number of thiophene rings is 1. The van der Waals surface area contributed by atoms with Crippen molar-refractivity contribution in [2.24, 2.45) is 0 Å².